The average Bonchev–Trinajstić information content (AvgIpc) is 2.47. The smallest absolute Gasteiger partial charge is 0.256 e. The van der Waals surface area contributed by atoms with Gasteiger partial charge in [0.15, 0.2) is 0 Å². The van der Waals surface area contributed by atoms with Gasteiger partial charge >= 0.3 is 0 Å². The third-order valence-electron chi connectivity index (χ3n) is 2.33. The van der Waals surface area contributed by atoms with Gasteiger partial charge in [-0.15, -0.1) is 0 Å². The second kappa shape index (κ2) is 2.75. The van der Waals surface area contributed by atoms with Crippen molar-refractivity contribution >= 4 is 11.8 Å². The highest BCUT2D eigenvalue weighted by Gasteiger charge is 2.35. The summed E-state index contributed by atoms with van der Waals surface area (Å²) in [5, 5.41) is 0. The van der Waals surface area contributed by atoms with Crippen molar-refractivity contribution in [3.8, 4) is 0 Å². The topological polar surface area (TPSA) is 61.4 Å². The van der Waals surface area contributed by atoms with Crippen LogP contribution in [0.2, 0.25) is 0 Å². The molecule has 2 amide bonds. The predicted octanol–water partition coefficient (Wildman–Crippen LogP) is -1.39. The van der Waals surface area contributed by atoms with Crippen LogP contribution in [0.3, 0.4) is 0 Å². The van der Waals surface area contributed by atoms with E-state index >= 15 is 0 Å². The fourth-order valence-electron chi connectivity index (χ4n) is 1.73. The number of carbonyl (C=O) groups is 2. The molecule has 2 heterocycles. The minimum atomic E-state index is -0.229. The van der Waals surface area contributed by atoms with Crippen molar-refractivity contribution < 1.29 is 9.59 Å². The Kier molecular flexibility index (Phi) is 1.73. The van der Waals surface area contributed by atoms with Crippen LogP contribution in [0.1, 0.15) is 12.8 Å². The molecule has 5 nitrogen and oxygen atoms in total. The normalized spacial score (nSPS) is 29.7. The van der Waals surface area contributed by atoms with E-state index < -0.39 is 0 Å². The van der Waals surface area contributed by atoms with Gasteiger partial charge in [-0.05, 0) is 12.8 Å². The Bertz CT molecular complexity index is 207. The molecule has 12 heavy (non-hydrogen) atoms. The predicted molar refractivity (Wildman–Crippen MR) is 40.9 cm³/mol. The molecule has 2 aliphatic rings. The van der Waals surface area contributed by atoms with Crippen molar-refractivity contribution in [3.05, 3.63) is 0 Å². The van der Waals surface area contributed by atoms with Crippen molar-refractivity contribution in [2.75, 3.05) is 13.1 Å². The van der Waals surface area contributed by atoms with E-state index in [1.54, 1.807) is 4.90 Å². The number of hydrogen-bond acceptors (Lipinski definition) is 3. The van der Waals surface area contributed by atoms with Crippen LogP contribution >= 0.6 is 0 Å². The zero-order valence-electron chi connectivity index (χ0n) is 6.67. The molecule has 1 atom stereocenters. The van der Waals surface area contributed by atoms with E-state index in [1.807, 2.05) is 0 Å². The van der Waals surface area contributed by atoms with E-state index in [2.05, 4.69) is 10.9 Å². The van der Waals surface area contributed by atoms with Crippen LogP contribution in [0, 0.1) is 0 Å². The minimum Gasteiger partial charge on any atom is -0.329 e. The molecule has 0 bridgehead atoms. The third-order valence-corrected chi connectivity index (χ3v) is 2.33. The summed E-state index contributed by atoms with van der Waals surface area (Å²) in [5.74, 6) is -0.0748. The van der Waals surface area contributed by atoms with Crippen molar-refractivity contribution in [1.29, 1.82) is 0 Å². The Hall–Kier alpha value is -1.10. The molecule has 0 spiro atoms. The summed E-state index contributed by atoms with van der Waals surface area (Å²) >= 11 is 0. The molecule has 2 fully saturated rings. The molecule has 0 aromatic carbocycles. The van der Waals surface area contributed by atoms with Crippen LogP contribution in [0.15, 0.2) is 0 Å². The number of carbonyl (C=O) groups excluding carboxylic acids is 2. The summed E-state index contributed by atoms with van der Waals surface area (Å²) < 4.78 is 0. The monoisotopic (exact) mass is 169 g/mol. The highest BCUT2D eigenvalue weighted by atomic mass is 16.2. The van der Waals surface area contributed by atoms with E-state index in [9.17, 15) is 9.59 Å². The minimum absolute atomic E-state index is 0.0100. The molecule has 0 aliphatic carbocycles. The summed E-state index contributed by atoms with van der Waals surface area (Å²) in [6, 6.07) is -0.229. The first kappa shape index (κ1) is 7.54. The van der Waals surface area contributed by atoms with Gasteiger partial charge in [0.25, 0.3) is 5.91 Å². The fourth-order valence-corrected chi connectivity index (χ4v) is 1.73. The van der Waals surface area contributed by atoms with Gasteiger partial charge in [-0.3, -0.25) is 15.0 Å². The SMILES string of the molecule is O=C1NNCC(=O)N2CCC[C@@H]12. The highest BCUT2D eigenvalue weighted by molar-refractivity contribution is 5.90. The van der Waals surface area contributed by atoms with Gasteiger partial charge in [0.1, 0.15) is 6.04 Å². The quantitative estimate of drug-likeness (QED) is 0.469. The molecule has 0 aromatic rings. The maximum Gasteiger partial charge on any atom is 0.256 e. The Labute approximate surface area is 70.1 Å². The molecule has 0 saturated carbocycles. The van der Waals surface area contributed by atoms with E-state index in [4.69, 9.17) is 0 Å². The Morgan fingerprint density at radius 2 is 2.25 bits per heavy atom. The number of hydrogen-bond donors (Lipinski definition) is 2. The first-order valence-electron chi connectivity index (χ1n) is 4.11. The molecule has 2 saturated heterocycles. The molecule has 5 heteroatoms. The number of hydrazine groups is 1. The molecule has 2 N–H and O–H groups in total. The van der Waals surface area contributed by atoms with E-state index in [0.29, 0.717) is 0 Å². The molecule has 2 aliphatic heterocycles. The lowest BCUT2D eigenvalue weighted by atomic mass is 10.2. The zero-order valence-corrected chi connectivity index (χ0v) is 6.67. The number of nitrogens with zero attached hydrogens (tertiary/aromatic N) is 1. The van der Waals surface area contributed by atoms with E-state index in [0.717, 1.165) is 19.4 Å². The summed E-state index contributed by atoms with van der Waals surface area (Å²) in [7, 11) is 0. The van der Waals surface area contributed by atoms with Crippen LogP contribution in [-0.2, 0) is 9.59 Å². The van der Waals surface area contributed by atoms with Crippen LogP contribution < -0.4 is 10.9 Å². The first-order valence-corrected chi connectivity index (χ1v) is 4.11. The lowest BCUT2D eigenvalue weighted by Crippen LogP contribution is -2.43. The van der Waals surface area contributed by atoms with E-state index in [-0.39, 0.29) is 24.4 Å². The third kappa shape index (κ3) is 1.06. The van der Waals surface area contributed by atoms with Gasteiger partial charge in [-0.2, -0.15) is 0 Å². The summed E-state index contributed by atoms with van der Waals surface area (Å²) in [6.45, 7) is 0.931. The van der Waals surface area contributed by atoms with Gasteiger partial charge in [0, 0.05) is 6.54 Å². The maximum absolute atomic E-state index is 11.3. The Balaban J connectivity index is 2.20. The van der Waals surface area contributed by atoms with Crippen LogP contribution in [0.5, 0.6) is 0 Å². The highest BCUT2D eigenvalue weighted by Crippen LogP contribution is 2.17. The average molecular weight is 169 g/mol. The van der Waals surface area contributed by atoms with Crippen molar-refractivity contribution in [3.63, 3.8) is 0 Å². The van der Waals surface area contributed by atoms with E-state index in [1.165, 1.54) is 0 Å². The number of rotatable bonds is 0. The molecule has 66 valence electrons. The summed E-state index contributed by atoms with van der Waals surface area (Å²) in [6.07, 6.45) is 1.73. The fraction of sp³-hybridized carbons (Fsp3) is 0.714. The summed E-state index contributed by atoms with van der Waals surface area (Å²) in [4.78, 5) is 24.2. The summed E-state index contributed by atoms with van der Waals surface area (Å²) in [5.41, 5.74) is 5.08. The first-order chi connectivity index (χ1) is 5.79. The largest absolute Gasteiger partial charge is 0.329 e. The Morgan fingerprint density at radius 1 is 1.42 bits per heavy atom. The second-order valence-electron chi connectivity index (χ2n) is 3.09. The number of nitrogens with one attached hydrogen (secondary N) is 2. The molecule has 0 unspecified atom stereocenters. The van der Waals surface area contributed by atoms with Gasteiger partial charge in [0.2, 0.25) is 5.91 Å². The van der Waals surface area contributed by atoms with Crippen LogP contribution in [0.4, 0.5) is 0 Å². The molecule has 2 rings (SSSR count). The van der Waals surface area contributed by atoms with Gasteiger partial charge < -0.3 is 4.90 Å². The molecule has 0 radical (unpaired) electrons. The number of amides is 2. The number of fused-ring (bicyclic) bond motifs is 1. The zero-order chi connectivity index (χ0) is 8.55. The van der Waals surface area contributed by atoms with Gasteiger partial charge in [-0.1, -0.05) is 0 Å². The van der Waals surface area contributed by atoms with Gasteiger partial charge in [-0.25, -0.2) is 5.43 Å². The molecular weight excluding hydrogens is 158 g/mol. The lowest BCUT2D eigenvalue weighted by Gasteiger charge is -2.18. The van der Waals surface area contributed by atoms with Crippen molar-refractivity contribution in [2.45, 2.75) is 18.9 Å². The maximum atomic E-state index is 11.3. The Morgan fingerprint density at radius 3 is 3.08 bits per heavy atom. The van der Waals surface area contributed by atoms with Crippen molar-refractivity contribution in [2.24, 2.45) is 0 Å². The second-order valence-corrected chi connectivity index (χ2v) is 3.09. The van der Waals surface area contributed by atoms with Gasteiger partial charge in [0.05, 0.1) is 6.54 Å². The molecule has 0 aromatic heterocycles. The van der Waals surface area contributed by atoms with Crippen LogP contribution in [-0.4, -0.2) is 35.8 Å². The standard InChI is InChI=1S/C7H11N3O2/c11-6-4-8-9-7(12)5-2-1-3-10(5)6/h5,8H,1-4H2,(H,9,12)/t5-/m0/s1. The lowest BCUT2D eigenvalue weighted by molar-refractivity contribution is -0.135. The van der Waals surface area contributed by atoms with Crippen molar-refractivity contribution in [1.82, 2.24) is 15.8 Å². The molecular formula is C7H11N3O2. The van der Waals surface area contributed by atoms with Crippen LogP contribution in [0.25, 0.3) is 0 Å².